The van der Waals surface area contributed by atoms with Crippen molar-refractivity contribution in [2.75, 3.05) is 39.3 Å². The van der Waals surface area contributed by atoms with Crippen LogP contribution in [0.15, 0.2) is 0 Å². The van der Waals surface area contributed by atoms with Gasteiger partial charge in [0.15, 0.2) is 0 Å². The Kier molecular flexibility index (Phi) is 8.02. The quantitative estimate of drug-likeness (QED) is 0.635. The fourth-order valence-corrected chi connectivity index (χ4v) is 2.15. The van der Waals surface area contributed by atoms with E-state index in [-0.39, 0.29) is 12.0 Å². The normalized spacial score (nSPS) is 20.7. The SMILES string of the molecule is CCCNC(=O)CCNCC1CN(C(C)C)CCO1. The third-order valence-corrected chi connectivity index (χ3v) is 3.37. The van der Waals surface area contributed by atoms with Gasteiger partial charge < -0.3 is 15.4 Å². The molecule has 0 bridgehead atoms. The highest BCUT2D eigenvalue weighted by Gasteiger charge is 2.21. The summed E-state index contributed by atoms with van der Waals surface area (Å²) in [6, 6.07) is 0.575. The lowest BCUT2D eigenvalue weighted by Gasteiger charge is -2.35. The molecule has 19 heavy (non-hydrogen) atoms. The topological polar surface area (TPSA) is 53.6 Å². The minimum Gasteiger partial charge on any atom is -0.374 e. The van der Waals surface area contributed by atoms with E-state index in [9.17, 15) is 4.79 Å². The Hall–Kier alpha value is -0.650. The van der Waals surface area contributed by atoms with Crippen molar-refractivity contribution in [3.05, 3.63) is 0 Å². The van der Waals surface area contributed by atoms with Crippen molar-refractivity contribution in [3.63, 3.8) is 0 Å². The second-order valence-corrected chi connectivity index (χ2v) is 5.39. The van der Waals surface area contributed by atoms with Gasteiger partial charge in [0.05, 0.1) is 12.7 Å². The monoisotopic (exact) mass is 271 g/mol. The van der Waals surface area contributed by atoms with Crippen LogP contribution in [0.3, 0.4) is 0 Å². The van der Waals surface area contributed by atoms with Crippen LogP contribution in [0, 0.1) is 0 Å². The van der Waals surface area contributed by atoms with Crippen molar-refractivity contribution in [3.8, 4) is 0 Å². The Morgan fingerprint density at radius 2 is 2.21 bits per heavy atom. The van der Waals surface area contributed by atoms with E-state index < -0.39 is 0 Å². The van der Waals surface area contributed by atoms with Crippen LogP contribution >= 0.6 is 0 Å². The molecule has 5 heteroatoms. The van der Waals surface area contributed by atoms with E-state index in [2.05, 4.69) is 36.3 Å². The number of hydrogen-bond acceptors (Lipinski definition) is 4. The Balaban J connectivity index is 2.07. The van der Waals surface area contributed by atoms with Crippen molar-refractivity contribution in [1.29, 1.82) is 0 Å². The number of hydrogen-bond donors (Lipinski definition) is 2. The molecule has 0 saturated carbocycles. The number of ether oxygens (including phenoxy) is 1. The number of rotatable bonds is 8. The van der Waals surface area contributed by atoms with Crippen LogP contribution in [0.4, 0.5) is 0 Å². The predicted molar refractivity (Wildman–Crippen MR) is 77.2 cm³/mol. The van der Waals surface area contributed by atoms with Crippen molar-refractivity contribution >= 4 is 5.91 Å². The van der Waals surface area contributed by atoms with Crippen molar-refractivity contribution in [1.82, 2.24) is 15.5 Å². The van der Waals surface area contributed by atoms with E-state index >= 15 is 0 Å². The molecule has 0 aromatic carbocycles. The second kappa shape index (κ2) is 9.28. The van der Waals surface area contributed by atoms with E-state index in [0.717, 1.165) is 45.8 Å². The maximum Gasteiger partial charge on any atom is 0.221 e. The highest BCUT2D eigenvalue weighted by Crippen LogP contribution is 2.07. The van der Waals surface area contributed by atoms with E-state index in [4.69, 9.17) is 4.74 Å². The molecule has 0 spiro atoms. The minimum atomic E-state index is 0.128. The van der Waals surface area contributed by atoms with E-state index in [1.807, 2.05) is 0 Å². The molecule has 0 aliphatic carbocycles. The Labute approximate surface area is 117 Å². The average molecular weight is 271 g/mol. The van der Waals surface area contributed by atoms with Gasteiger partial charge in [-0.3, -0.25) is 9.69 Å². The summed E-state index contributed by atoms with van der Waals surface area (Å²) in [5, 5.41) is 6.18. The summed E-state index contributed by atoms with van der Waals surface area (Å²) in [4.78, 5) is 13.8. The van der Waals surface area contributed by atoms with Gasteiger partial charge in [-0.2, -0.15) is 0 Å². The molecule has 1 rings (SSSR count). The molecule has 1 unspecified atom stereocenters. The van der Waals surface area contributed by atoms with Gasteiger partial charge in [0.1, 0.15) is 0 Å². The van der Waals surface area contributed by atoms with Crippen molar-refractivity contribution in [2.24, 2.45) is 0 Å². The Morgan fingerprint density at radius 1 is 1.42 bits per heavy atom. The van der Waals surface area contributed by atoms with Gasteiger partial charge in [-0.25, -0.2) is 0 Å². The van der Waals surface area contributed by atoms with Crippen LogP contribution in [0.25, 0.3) is 0 Å². The number of carbonyl (C=O) groups is 1. The van der Waals surface area contributed by atoms with Gasteiger partial charge in [-0.15, -0.1) is 0 Å². The number of nitrogens with zero attached hydrogens (tertiary/aromatic N) is 1. The van der Waals surface area contributed by atoms with Crippen LogP contribution in [0.1, 0.15) is 33.6 Å². The van der Waals surface area contributed by atoms with Crippen molar-refractivity contribution < 1.29 is 9.53 Å². The molecular formula is C14H29N3O2. The highest BCUT2D eigenvalue weighted by atomic mass is 16.5. The van der Waals surface area contributed by atoms with E-state index in [1.165, 1.54) is 0 Å². The molecule has 0 aromatic rings. The zero-order chi connectivity index (χ0) is 14.1. The summed E-state index contributed by atoms with van der Waals surface area (Å²) < 4.78 is 5.73. The molecule has 5 nitrogen and oxygen atoms in total. The van der Waals surface area contributed by atoms with E-state index in [0.29, 0.717) is 12.5 Å². The molecule has 1 atom stereocenters. The van der Waals surface area contributed by atoms with E-state index in [1.54, 1.807) is 0 Å². The van der Waals surface area contributed by atoms with Gasteiger partial charge in [-0.1, -0.05) is 6.92 Å². The zero-order valence-electron chi connectivity index (χ0n) is 12.6. The summed E-state index contributed by atoms with van der Waals surface area (Å²) in [6.45, 7) is 11.6. The molecule has 1 aliphatic rings. The molecule has 2 N–H and O–H groups in total. The maximum absolute atomic E-state index is 11.4. The Bertz CT molecular complexity index is 259. The molecule has 1 saturated heterocycles. The third-order valence-electron chi connectivity index (χ3n) is 3.37. The number of carbonyl (C=O) groups excluding carboxylic acids is 1. The van der Waals surface area contributed by atoms with Gasteiger partial charge >= 0.3 is 0 Å². The molecule has 0 aromatic heterocycles. The summed E-state index contributed by atoms with van der Waals surface area (Å²) in [5.74, 6) is 0.128. The first-order valence-electron chi connectivity index (χ1n) is 7.46. The lowest BCUT2D eigenvalue weighted by Crippen LogP contribution is -2.49. The highest BCUT2D eigenvalue weighted by molar-refractivity contribution is 5.75. The van der Waals surface area contributed by atoms with Gasteiger partial charge in [-0.05, 0) is 20.3 Å². The number of nitrogens with one attached hydrogen (secondary N) is 2. The zero-order valence-corrected chi connectivity index (χ0v) is 12.6. The van der Waals surface area contributed by atoms with Gasteiger partial charge in [0.2, 0.25) is 5.91 Å². The predicted octanol–water partition coefficient (Wildman–Crippen LogP) is 0.602. The smallest absolute Gasteiger partial charge is 0.221 e. The number of morpholine rings is 1. The average Bonchev–Trinajstić information content (AvgIpc) is 2.41. The first-order valence-corrected chi connectivity index (χ1v) is 7.46. The summed E-state index contributed by atoms with van der Waals surface area (Å²) in [7, 11) is 0. The summed E-state index contributed by atoms with van der Waals surface area (Å²) in [6.07, 6.45) is 1.77. The lowest BCUT2D eigenvalue weighted by molar-refractivity contribution is -0.121. The summed E-state index contributed by atoms with van der Waals surface area (Å²) in [5.41, 5.74) is 0. The van der Waals surface area contributed by atoms with Crippen LogP contribution < -0.4 is 10.6 Å². The minimum absolute atomic E-state index is 0.128. The second-order valence-electron chi connectivity index (χ2n) is 5.39. The number of amides is 1. The van der Waals surface area contributed by atoms with Crippen LogP contribution in [0.5, 0.6) is 0 Å². The third kappa shape index (κ3) is 6.89. The molecule has 1 aliphatic heterocycles. The Morgan fingerprint density at radius 3 is 2.89 bits per heavy atom. The fraction of sp³-hybridized carbons (Fsp3) is 0.929. The first kappa shape index (κ1) is 16.4. The van der Waals surface area contributed by atoms with Crippen molar-refractivity contribution in [2.45, 2.75) is 45.8 Å². The van der Waals surface area contributed by atoms with Crippen LogP contribution in [-0.4, -0.2) is 62.3 Å². The fourth-order valence-electron chi connectivity index (χ4n) is 2.15. The molecule has 1 fully saturated rings. The molecule has 0 radical (unpaired) electrons. The van der Waals surface area contributed by atoms with Crippen LogP contribution in [-0.2, 0) is 9.53 Å². The standard InChI is InChI=1S/C14H29N3O2/c1-4-6-16-14(18)5-7-15-10-13-11-17(12(2)3)8-9-19-13/h12-13,15H,4-11H2,1-3H3,(H,16,18). The lowest BCUT2D eigenvalue weighted by atomic mass is 10.2. The molecule has 1 amide bonds. The molecule has 112 valence electrons. The van der Waals surface area contributed by atoms with Gasteiger partial charge in [0, 0.05) is 45.2 Å². The molecule has 1 heterocycles. The van der Waals surface area contributed by atoms with Gasteiger partial charge in [0.25, 0.3) is 0 Å². The summed E-state index contributed by atoms with van der Waals surface area (Å²) >= 11 is 0. The molecular weight excluding hydrogens is 242 g/mol. The first-order chi connectivity index (χ1) is 9.13. The maximum atomic E-state index is 11.4. The van der Waals surface area contributed by atoms with Crippen LogP contribution in [0.2, 0.25) is 0 Å². The largest absolute Gasteiger partial charge is 0.374 e.